The van der Waals surface area contributed by atoms with Crippen molar-refractivity contribution in [2.75, 3.05) is 13.2 Å². The van der Waals surface area contributed by atoms with Crippen LogP contribution in [0.1, 0.15) is 52.9 Å². The van der Waals surface area contributed by atoms with E-state index in [1.165, 1.54) is 19.3 Å². The summed E-state index contributed by atoms with van der Waals surface area (Å²) in [5.74, 6) is 2.06. The monoisotopic (exact) mass is 264 g/mol. The highest BCUT2D eigenvalue weighted by Gasteiger charge is 2.46. The van der Waals surface area contributed by atoms with Gasteiger partial charge in [-0.2, -0.15) is 5.26 Å². The average molecular weight is 264 g/mol. The first-order valence-corrected chi connectivity index (χ1v) is 7.89. The fraction of sp³-hybridized carbons (Fsp3) is 0.938. The number of likely N-dealkylation sites (N-methyl/N-ethyl adjacent to an activating group) is 1. The summed E-state index contributed by atoms with van der Waals surface area (Å²) in [6, 6.07) is 2.50. The summed E-state index contributed by atoms with van der Waals surface area (Å²) in [6.45, 7) is 8.13. The van der Waals surface area contributed by atoms with Crippen LogP contribution in [-0.2, 0) is 4.74 Å². The first-order valence-electron chi connectivity index (χ1n) is 7.89. The maximum Gasteiger partial charge on any atom is 0.133 e. The maximum absolute atomic E-state index is 9.55. The zero-order chi connectivity index (χ0) is 13.9. The smallest absolute Gasteiger partial charge is 0.133 e. The van der Waals surface area contributed by atoms with Crippen molar-refractivity contribution in [3.05, 3.63) is 0 Å². The Labute approximate surface area is 117 Å². The Morgan fingerprint density at radius 3 is 2.47 bits per heavy atom. The lowest BCUT2D eigenvalue weighted by atomic mass is 9.80. The quantitative estimate of drug-likeness (QED) is 0.801. The summed E-state index contributed by atoms with van der Waals surface area (Å²) in [6.07, 6.45) is 6.26. The predicted octanol–water partition coefficient (Wildman–Crippen LogP) is 3.11. The zero-order valence-corrected chi connectivity index (χ0v) is 12.6. The maximum atomic E-state index is 9.55. The summed E-state index contributed by atoms with van der Waals surface area (Å²) >= 11 is 0. The van der Waals surface area contributed by atoms with Gasteiger partial charge in [-0.3, -0.25) is 5.32 Å². The summed E-state index contributed by atoms with van der Waals surface area (Å²) in [7, 11) is 0. The Balaban J connectivity index is 1.87. The van der Waals surface area contributed by atoms with E-state index in [0.29, 0.717) is 18.6 Å². The SMILES string of the molecule is CCNC(C#N)(COC1CCC(C)C(C)C1)C1CC1. The van der Waals surface area contributed by atoms with Crippen LogP contribution in [0.25, 0.3) is 0 Å². The molecule has 4 unspecified atom stereocenters. The molecule has 2 aliphatic carbocycles. The van der Waals surface area contributed by atoms with E-state index < -0.39 is 5.54 Å². The molecule has 2 aliphatic rings. The van der Waals surface area contributed by atoms with E-state index in [9.17, 15) is 5.26 Å². The van der Waals surface area contributed by atoms with Gasteiger partial charge in [0.2, 0.25) is 0 Å². The first kappa shape index (κ1) is 14.8. The van der Waals surface area contributed by atoms with Crippen molar-refractivity contribution in [1.29, 1.82) is 5.26 Å². The molecule has 3 heteroatoms. The van der Waals surface area contributed by atoms with Crippen molar-refractivity contribution in [2.24, 2.45) is 17.8 Å². The van der Waals surface area contributed by atoms with Gasteiger partial charge in [-0.05, 0) is 56.4 Å². The molecule has 0 aromatic heterocycles. The molecule has 3 nitrogen and oxygen atoms in total. The Hall–Kier alpha value is -0.590. The molecule has 2 rings (SSSR count). The highest BCUT2D eigenvalue weighted by atomic mass is 16.5. The van der Waals surface area contributed by atoms with E-state index in [-0.39, 0.29) is 0 Å². The van der Waals surface area contributed by atoms with Crippen LogP contribution in [0.15, 0.2) is 0 Å². The minimum absolute atomic E-state index is 0.358. The lowest BCUT2D eigenvalue weighted by Gasteiger charge is -2.35. The molecule has 0 heterocycles. The highest BCUT2D eigenvalue weighted by Crippen LogP contribution is 2.40. The molecule has 0 aromatic carbocycles. The van der Waals surface area contributed by atoms with Crippen molar-refractivity contribution in [3.8, 4) is 6.07 Å². The summed E-state index contributed by atoms with van der Waals surface area (Å²) in [5, 5.41) is 12.9. The van der Waals surface area contributed by atoms with E-state index >= 15 is 0 Å². The van der Waals surface area contributed by atoms with Crippen LogP contribution in [0.4, 0.5) is 0 Å². The van der Waals surface area contributed by atoms with Crippen molar-refractivity contribution >= 4 is 0 Å². The van der Waals surface area contributed by atoms with E-state index in [0.717, 1.165) is 31.2 Å². The molecule has 0 bridgehead atoms. The van der Waals surface area contributed by atoms with Crippen LogP contribution in [0.2, 0.25) is 0 Å². The molecule has 2 fully saturated rings. The molecule has 0 spiro atoms. The van der Waals surface area contributed by atoms with Gasteiger partial charge >= 0.3 is 0 Å². The predicted molar refractivity (Wildman–Crippen MR) is 76.7 cm³/mol. The Bertz CT molecular complexity index is 334. The molecule has 0 amide bonds. The second kappa shape index (κ2) is 6.24. The van der Waals surface area contributed by atoms with Crippen molar-refractivity contribution < 1.29 is 4.74 Å². The normalized spacial score (nSPS) is 34.5. The van der Waals surface area contributed by atoms with Crippen LogP contribution in [0.3, 0.4) is 0 Å². The molecule has 0 aliphatic heterocycles. The first-order chi connectivity index (χ1) is 9.11. The summed E-state index contributed by atoms with van der Waals surface area (Å²) in [4.78, 5) is 0. The van der Waals surface area contributed by atoms with Gasteiger partial charge in [0.1, 0.15) is 5.54 Å². The van der Waals surface area contributed by atoms with Gasteiger partial charge in [0.25, 0.3) is 0 Å². The molecule has 4 atom stereocenters. The number of ether oxygens (including phenoxy) is 1. The fourth-order valence-electron chi connectivity index (χ4n) is 3.27. The van der Waals surface area contributed by atoms with Crippen LogP contribution in [-0.4, -0.2) is 24.8 Å². The van der Waals surface area contributed by atoms with Crippen molar-refractivity contribution in [3.63, 3.8) is 0 Å². The molecular weight excluding hydrogens is 236 g/mol. The second-order valence-corrected chi connectivity index (χ2v) is 6.59. The van der Waals surface area contributed by atoms with Crippen molar-refractivity contribution in [2.45, 2.75) is 64.5 Å². The van der Waals surface area contributed by atoms with Crippen LogP contribution in [0, 0.1) is 29.1 Å². The lowest BCUT2D eigenvalue weighted by molar-refractivity contribution is -0.0210. The van der Waals surface area contributed by atoms with Gasteiger partial charge in [-0.15, -0.1) is 0 Å². The molecule has 0 aromatic rings. The molecule has 108 valence electrons. The van der Waals surface area contributed by atoms with Gasteiger partial charge in [0.05, 0.1) is 18.8 Å². The van der Waals surface area contributed by atoms with Gasteiger partial charge in [0, 0.05) is 0 Å². The number of nitrogens with one attached hydrogen (secondary N) is 1. The number of rotatable bonds is 6. The number of nitriles is 1. The molecule has 2 saturated carbocycles. The number of hydrogen-bond acceptors (Lipinski definition) is 3. The average Bonchev–Trinajstić information content (AvgIpc) is 3.23. The third kappa shape index (κ3) is 3.49. The van der Waals surface area contributed by atoms with E-state index in [4.69, 9.17) is 4.74 Å². The molecule has 19 heavy (non-hydrogen) atoms. The molecule has 1 N–H and O–H groups in total. The third-order valence-corrected chi connectivity index (χ3v) is 5.06. The van der Waals surface area contributed by atoms with E-state index in [1.54, 1.807) is 0 Å². The topological polar surface area (TPSA) is 45.0 Å². The van der Waals surface area contributed by atoms with Crippen LogP contribution in [0.5, 0.6) is 0 Å². The standard InChI is InChI=1S/C16H28N2O/c1-4-18-16(10-17,14-6-7-14)11-19-15-8-5-12(2)13(3)9-15/h12-15,18H,4-9,11H2,1-3H3. The number of nitrogens with zero attached hydrogens (tertiary/aromatic N) is 1. The Kier molecular flexibility index (Phi) is 4.86. The summed E-state index contributed by atoms with van der Waals surface area (Å²) < 4.78 is 6.13. The number of hydrogen-bond donors (Lipinski definition) is 1. The zero-order valence-electron chi connectivity index (χ0n) is 12.6. The Morgan fingerprint density at radius 1 is 1.21 bits per heavy atom. The van der Waals surface area contributed by atoms with Gasteiger partial charge in [-0.25, -0.2) is 0 Å². The molecule has 0 radical (unpaired) electrons. The minimum Gasteiger partial charge on any atom is -0.375 e. The lowest BCUT2D eigenvalue weighted by Crippen LogP contribution is -2.51. The second-order valence-electron chi connectivity index (χ2n) is 6.59. The van der Waals surface area contributed by atoms with Gasteiger partial charge in [0.15, 0.2) is 0 Å². The third-order valence-electron chi connectivity index (χ3n) is 5.06. The van der Waals surface area contributed by atoms with Gasteiger partial charge in [-0.1, -0.05) is 20.8 Å². The highest BCUT2D eigenvalue weighted by molar-refractivity contribution is 5.15. The summed E-state index contributed by atoms with van der Waals surface area (Å²) in [5.41, 5.74) is -0.430. The Morgan fingerprint density at radius 2 is 1.95 bits per heavy atom. The minimum atomic E-state index is -0.430. The molecular formula is C16H28N2O. The fourth-order valence-corrected chi connectivity index (χ4v) is 3.27. The van der Waals surface area contributed by atoms with Gasteiger partial charge < -0.3 is 4.74 Å². The van der Waals surface area contributed by atoms with Crippen LogP contribution < -0.4 is 5.32 Å². The largest absolute Gasteiger partial charge is 0.375 e. The van der Waals surface area contributed by atoms with Crippen molar-refractivity contribution in [1.82, 2.24) is 5.32 Å². The van der Waals surface area contributed by atoms with E-state index in [1.807, 2.05) is 0 Å². The molecule has 0 saturated heterocycles. The van der Waals surface area contributed by atoms with Crippen LogP contribution >= 0.6 is 0 Å². The van der Waals surface area contributed by atoms with E-state index in [2.05, 4.69) is 32.2 Å².